The van der Waals surface area contributed by atoms with Crippen molar-refractivity contribution in [1.29, 1.82) is 0 Å². The van der Waals surface area contributed by atoms with Crippen LogP contribution in [0.2, 0.25) is 10.6 Å². The molecule has 0 atom stereocenters. The number of rotatable bonds is 0. The van der Waals surface area contributed by atoms with E-state index in [1.807, 2.05) is 0 Å². The van der Waals surface area contributed by atoms with Gasteiger partial charge >= 0.3 is 25.8 Å². The van der Waals surface area contributed by atoms with Gasteiger partial charge in [0, 0.05) is 0 Å². The first-order valence-corrected chi connectivity index (χ1v) is 2.95. The molecule has 0 bridgehead atoms. The van der Waals surface area contributed by atoms with E-state index < -0.39 is 0 Å². The first kappa shape index (κ1) is 4.49. The Bertz CT molecular complexity index is 10.8. The Balaban J connectivity index is 0.0000000900. The van der Waals surface area contributed by atoms with Gasteiger partial charge in [0.05, 0.1) is 0 Å². The monoisotopic (exact) mass is 72.0 g/mol. The molecule has 1 N–H and O–H groups in total. The zero-order chi connectivity index (χ0) is 2.12. The minimum atomic E-state index is 0. The molecule has 4 heavy (non-hydrogen) atoms. The van der Waals surface area contributed by atoms with Crippen LogP contribution >= 0.6 is 0 Å². The van der Waals surface area contributed by atoms with Crippen LogP contribution in [0.4, 0.5) is 0 Å². The smallest absolute Gasteiger partial charge is 0.870 e. The van der Waals surface area contributed by atoms with Crippen molar-refractivity contribution in [2.24, 2.45) is 0 Å². The van der Waals surface area contributed by atoms with Crippen LogP contribution in [0.25, 0.3) is 0 Å². The molecular formula is C2H5AlO. The predicted octanol–water partition coefficient (Wildman–Crippen LogP) is 0.364. The fourth-order valence-electron chi connectivity index (χ4n) is 0. The van der Waals surface area contributed by atoms with Crippen molar-refractivity contribution in [3.05, 3.63) is 0 Å². The number of hydrogen-bond acceptors (Lipinski definition) is 1. The van der Waals surface area contributed by atoms with Gasteiger partial charge in [-0.3, -0.25) is 0 Å². The van der Waals surface area contributed by atoms with Gasteiger partial charge in [-0.05, 0) is 0 Å². The Kier molecular flexibility index (Phi) is 2.00. The van der Waals surface area contributed by atoms with Crippen molar-refractivity contribution in [3.63, 3.8) is 0 Å². The van der Waals surface area contributed by atoms with Gasteiger partial charge in [0.2, 0.25) is 0 Å². The minimum Gasteiger partial charge on any atom is -0.870 e. The normalized spacial score (nSPS) is 14.0. The molecule has 22 valence electrons. The zero-order valence-electron chi connectivity index (χ0n) is 2.44. The maximum Gasteiger partial charge on any atom is -0.870 e. The molecule has 0 unspecified atom stereocenters. The third-order valence-electron chi connectivity index (χ3n) is 0.289. The van der Waals surface area contributed by atoms with Gasteiger partial charge in [0.1, 0.15) is 0 Å². The molecule has 0 radical (unpaired) electrons. The molecule has 0 spiro atoms. The summed E-state index contributed by atoms with van der Waals surface area (Å²) in [5, 5.41) is 3.17. The van der Waals surface area contributed by atoms with Crippen LogP contribution in [0.1, 0.15) is 0 Å². The molecule has 1 aliphatic heterocycles. The van der Waals surface area contributed by atoms with E-state index in [1.54, 1.807) is 10.6 Å². The summed E-state index contributed by atoms with van der Waals surface area (Å²) in [6.45, 7) is 0. The van der Waals surface area contributed by atoms with Crippen molar-refractivity contribution in [3.8, 4) is 0 Å². The van der Waals surface area contributed by atoms with Crippen LogP contribution in [-0.4, -0.2) is 20.7 Å². The second-order valence-corrected chi connectivity index (χ2v) is 2.60. The molecule has 0 amide bonds. The summed E-state index contributed by atoms with van der Waals surface area (Å²) < 4.78 is 0. The first-order valence-electron chi connectivity index (χ1n) is 1.32. The Hall–Kier alpha value is 0.492. The molecule has 1 aliphatic rings. The Morgan fingerprint density at radius 3 is 1.50 bits per heavy atom. The fourth-order valence-corrected chi connectivity index (χ4v) is 0. The third kappa shape index (κ3) is 2.49. The van der Waals surface area contributed by atoms with Crippen LogP contribution in [0.3, 0.4) is 0 Å². The molecular weight excluding hydrogens is 67.0 g/mol. The quantitative estimate of drug-likeness (QED) is 0.380. The Labute approximate surface area is 32.0 Å². The summed E-state index contributed by atoms with van der Waals surface area (Å²) in [6.07, 6.45) is 0. The van der Waals surface area contributed by atoms with Crippen LogP contribution in [-0.2, 0) is 0 Å². The third-order valence-corrected chi connectivity index (χ3v) is 0.866. The number of hydrogen-bond donors (Lipinski definition) is 0. The minimum absolute atomic E-state index is 0. The van der Waals surface area contributed by atoms with E-state index >= 15 is 0 Å². The second-order valence-electron chi connectivity index (χ2n) is 0.866. The molecule has 1 rings (SSSR count). The van der Waals surface area contributed by atoms with Gasteiger partial charge in [0.25, 0.3) is 0 Å². The summed E-state index contributed by atoms with van der Waals surface area (Å²) in [5.41, 5.74) is 0. The first-order chi connectivity index (χ1) is 1.50. The topological polar surface area (TPSA) is 30.0 Å². The van der Waals surface area contributed by atoms with Gasteiger partial charge < -0.3 is 5.48 Å². The molecule has 1 saturated heterocycles. The van der Waals surface area contributed by atoms with E-state index in [0.29, 0.717) is 0 Å². The maximum absolute atomic E-state index is 1.58. The SMILES string of the molecule is [CH2]1[CH2][Al+]1.[OH-]. The van der Waals surface area contributed by atoms with Crippen molar-refractivity contribution in [1.82, 2.24) is 0 Å². The Morgan fingerprint density at radius 1 is 1.25 bits per heavy atom. The van der Waals surface area contributed by atoms with Crippen molar-refractivity contribution in [2.45, 2.75) is 10.6 Å². The average molecular weight is 72.0 g/mol. The van der Waals surface area contributed by atoms with E-state index in [2.05, 4.69) is 0 Å². The maximum atomic E-state index is 1.58. The standard InChI is InChI=1S/C2H4.Al.H2O/c1-2;;/h1-2H2;;1H2/q;+1;/p-1. The summed E-state index contributed by atoms with van der Waals surface area (Å²) >= 11 is 1.000. The van der Waals surface area contributed by atoms with Gasteiger partial charge in [-0.2, -0.15) is 0 Å². The van der Waals surface area contributed by atoms with Crippen molar-refractivity contribution >= 4 is 15.2 Å². The van der Waals surface area contributed by atoms with E-state index in [4.69, 9.17) is 0 Å². The van der Waals surface area contributed by atoms with Crippen LogP contribution in [0.15, 0.2) is 0 Å². The molecule has 0 saturated carbocycles. The summed E-state index contributed by atoms with van der Waals surface area (Å²) in [7, 11) is 0. The van der Waals surface area contributed by atoms with E-state index in [9.17, 15) is 0 Å². The molecule has 0 aromatic heterocycles. The Morgan fingerprint density at radius 2 is 1.50 bits per heavy atom. The van der Waals surface area contributed by atoms with E-state index in [-0.39, 0.29) is 5.48 Å². The molecule has 1 nitrogen and oxygen atoms in total. The van der Waals surface area contributed by atoms with Crippen molar-refractivity contribution < 1.29 is 5.48 Å². The zero-order valence-corrected chi connectivity index (χ0v) is 3.59. The van der Waals surface area contributed by atoms with Gasteiger partial charge in [0.15, 0.2) is 0 Å². The van der Waals surface area contributed by atoms with Crippen molar-refractivity contribution in [2.75, 3.05) is 0 Å². The summed E-state index contributed by atoms with van der Waals surface area (Å²) in [5.74, 6) is 0. The average Bonchev–Trinajstić information content (AvgIpc) is 1.46. The summed E-state index contributed by atoms with van der Waals surface area (Å²) in [6, 6.07) is 0. The predicted molar refractivity (Wildman–Crippen MR) is 17.3 cm³/mol. The molecule has 1 fully saturated rings. The van der Waals surface area contributed by atoms with Gasteiger partial charge in [-0.15, -0.1) is 0 Å². The summed E-state index contributed by atoms with van der Waals surface area (Å²) in [4.78, 5) is 0. The van der Waals surface area contributed by atoms with Gasteiger partial charge in [-0.1, -0.05) is 0 Å². The second kappa shape index (κ2) is 1.78. The molecule has 2 heteroatoms. The molecule has 0 aromatic carbocycles. The molecule has 0 aromatic rings. The van der Waals surface area contributed by atoms with E-state index in [0.717, 1.165) is 15.2 Å². The van der Waals surface area contributed by atoms with Gasteiger partial charge in [-0.25, -0.2) is 0 Å². The molecule has 1 heterocycles. The largest absolute Gasteiger partial charge is 0.870 e. The fraction of sp³-hybridized carbons (Fsp3) is 1.00. The van der Waals surface area contributed by atoms with Crippen LogP contribution < -0.4 is 0 Å². The van der Waals surface area contributed by atoms with Crippen LogP contribution in [0, 0.1) is 0 Å². The van der Waals surface area contributed by atoms with E-state index in [1.165, 1.54) is 0 Å². The molecule has 0 aliphatic carbocycles. The van der Waals surface area contributed by atoms with Crippen LogP contribution in [0.5, 0.6) is 0 Å².